The molecule has 0 aliphatic carbocycles. The van der Waals surface area contributed by atoms with Crippen molar-refractivity contribution in [2.24, 2.45) is 0 Å². The predicted molar refractivity (Wildman–Crippen MR) is 140 cm³/mol. The van der Waals surface area contributed by atoms with Crippen LogP contribution < -0.4 is 0 Å². The van der Waals surface area contributed by atoms with Crippen molar-refractivity contribution in [2.75, 3.05) is 0 Å². The SMILES string of the molecule is CC/C=C\CC/C(C)=C/CC/C(C)=C/CC/C=C(\C)CC/C=C(\C)CCC1OC1(C)C. The Morgan fingerprint density at radius 1 is 0.645 bits per heavy atom. The second kappa shape index (κ2) is 15.5. The minimum Gasteiger partial charge on any atom is -0.367 e. The van der Waals surface area contributed by atoms with Crippen molar-refractivity contribution >= 4 is 0 Å². The number of allylic oxidation sites excluding steroid dienone is 10. The minimum atomic E-state index is 0.133. The van der Waals surface area contributed by atoms with Gasteiger partial charge in [0, 0.05) is 0 Å². The largest absolute Gasteiger partial charge is 0.367 e. The van der Waals surface area contributed by atoms with Gasteiger partial charge in [-0.3, -0.25) is 0 Å². The molecule has 1 nitrogen and oxygen atoms in total. The van der Waals surface area contributed by atoms with Crippen molar-refractivity contribution < 1.29 is 4.74 Å². The highest BCUT2D eigenvalue weighted by Gasteiger charge is 2.46. The molecule has 0 radical (unpaired) electrons. The maximum atomic E-state index is 5.68. The molecule has 0 spiro atoms. The summed E-state index contributed by atoms with van der Waals surface area (Å²) in [6, 6.07) is 0. The summed E-state index contributed by atoms with van der Waals surface area (Å²) in [4.78, 5) is 0. The average Bonchev–Trinajstić information content (AvgIpc) is 3.33. The first kappa shape index (κ1) is 27.7. The monoisotopic (exact) mass is 426 g/mol. The highest BCUT2D eigenvalue weighted by Crippen LogP contribution is 2.38. The topological polar surface area (TPSA) is 12.5 Å². The maximum absolute atomic E-state index is 5.68. The Kier molecular flexibility index (Phi) is 13.8. The molecule has 0 aromatic carbocycles. The molecule has 1 aliphatic rings. The van der Waals surface area contributed by atoms with E-state index in [4.69, 9.17) is 4.74 Å². The summed E-state index contributed by atoms with van der Waals surface area (Å²) in [6.45, 7) is 15.7. The molecule has 0 amide bonds. The van der Waals surface area contributed by atoms with E-state index in [9.17, 15) is 0 Å². The molecule has 31 heavy (non-hydrogen) atoms. The first-order chi connectivity index (χ1) is 14.7. The lowest BCUT2D eigenvalue weighted by atomic mass is 10.0. The van der Waals surface area contributed by atoms with Crippen molar-refractivity contribution in [1.29, 1.82) is 0 Å². The van der Waals surface area contributed by atoms with Gasteiger partial charge in [-0.1, -0.05) is 65.7 Å². The number of epoxide rings is 1. The quantitative estimate of drug-likeness (QED) is 0.136. The van der Waals surface area contributed by atoms with E-state index in [0.29, 0.717) is 6.10 Å². The fourth-order valence-corrected chi connectivity index (χ4v) is 3.85. The first-order valence-electron chi connectivity index (χ1n) is 12.7. The van der Waals surface area contributed by atoms with Crippen LogP contribution in [-0.2, 0) is 4.74 Å². The van der Waals surface area contributed by atoms with Gasteiger partial charge in [-0.25, -0.2) is 0 Å². The maximum Gasteiger partial charge on any atom is 0.0892 e. The Bertz CT molecular complexity index is 654. The molecule has 176 valence electrons. The zero-order valence-corrected chi connectivity index (χ0v) is 21.7. The molecule has 1 saturated heterocycles. The van der Waals surface area contributed by atoms with Crippen molar-refractivity contribution in [1.82, 2.24) is 0 Å². The third-order valence-corrected chi connectivity index (χ3v) is 6.29. The van der Waals surface area contributed by atoms with E-state index >= 15 is 0 Å². The van der Waals surface area contributed by atoms with Crippen LogP contribution >= 0.6 is 0 Å². The van der Waals surface area contributed by atoms with E-state index in [1.54, 1.807) is 0 Å². The van der Waals surface area contributed by atoms with E-state index in [-0.39, 0.29) is 5.60 Å². The van der Waals surface area contributed by atoms with Gasteiger partial charge in [0.2, 0.25) is 0 Å². The minimum absolute atomic E-state index is 0.133. The second-order valence-electron chi connectivity index (χ2n) is 10.0. The lowest BCUT2D eigenvalue weighted by Crippen LogP contribution is -2.02. The molecule has 0 N–H and O–H groups in total. The molecule has 1 heterocycles. The number of hydrogen-bond donors (Lipinski definition) is 0. The molecule has 1 rings (SSSR count). The fraction of sp³-hybridized carbons (Fsp3) is 0.667. The van der Waals surface area contributed by atoms with Crippen molar-refractivity contribution in [3.63, 3.8) is 0 Å². The Hall–Kier alpha value is -1.34. The molecule has 0 aromatic rings. The molecule has 1 unspecified atom stereocenters. The number of unbranched alkanes of at least 4 members (excludes halogenated alkanes) is 1. The standard InChI is InChI=1S/C30H50O/c1-8-9-10-11-16-25(2)19-14-20-26(3)17-12-13-18-27(4)21-15-22-28(5)23-24-29-30(6,7)31-29/h9-10,17-19,22,29H,8,11-16,20-21,23-24H2,1-7H3/b10-9-,25-19+,26-17+,27-18+,28-22+. The Morgan fingerprint density at radius 3 is 1.52 bits per heavy atom. The predicted octanol–water partition coefficient (Wildman–Crippen LogP) is 9.82. The van der Waals surface area contributed by atoms with Crippen LogP contribution in [0.25, 0.3) is 0 Å². The van der Waals surface area contributed by atoms with E-state index in [2.05, 4.69) is 84.9 Å². The molecule has 1 atom stereocenters. The summed E-state index contributed by atoms with van der Waals surface area (Å²) in [5.41, 5.74) is 6.23. The third kappa shape index (κ3) is 14.4. The summed E-state index contributed by atoms with van der Waals surface area (Å²) >= 11 is 0. The lowest BCUT2D eigenvalue weighted by Gasteiger charge is -2.03. The van der Waals surface area contributed by atoms with Gasteiger partial charge in [0.1, 0.15) is 0 Å². The Morgan fingerprint density at radius 2 is 1.06 bits per heavy atom. The second-order valence-corrected chi connectivity index (χ2v) is 10.0. The van der Waals surface area contributed by atoms with Crippen molar-refractivity contribution in [3.05, 3.63) is 58.7 Å². The van der Waals surface area contributed by atoms with Crippen LogP contribution in [0.3, 0.4) is 0 Å². The van der Waals surface area contributed by atoms with Gasteiger partial charge in [-0.2, -0.15) is 0 Å². The van der Waals surface area contributed by atoms with Gasteiger partial charge >= 0.3 is 0 Å². The van der Waals surface area contributed by atoms with E-state index in [0.717, 1.165) is 12.8 Å². The lowest BCUT2D eigenvalue weighted by molar-refractivity contribution is 0.320. The van der Waals surface area contributed by atoms with Gasteiger partial charge in [-0.15, -0.1) is 0 Å². The molecular weight excluding hydrogens is 376 g/mol. The van der Waals surface area contributed by atoms with Gasteiger partial charge < -0.3 is 4.74 Å². The first-order valence-corrected chi connectivity index (χ1v) is 12.7. The van der Waals surface area contributed by atoms with Crippen LogP contribution in [0.15, 0.2) is 58.7 Å². The van der Waals surface area contributed by atoms with Crippen molar-refractivity contribution in [3.8, 4) is 0 Å². The molecular formula is C30H50O. The summed E-state index contributed by atoms with van der Waals surface area (Å²) < 4.78 is 5.68. The Labute approximate surface area is 194 Å². The van der Waals surface area contributed by atoms with E-state index in [1.165, 1.54) is 80.1 Å². The zero-order chi connectivity index (χ0) is 23.1. The van der Waals surface area contributed by atoms with Crippen LogP contribution in [-0.4, -0.2) is 11.7 Å². The van der Waals surface area contributed by atoms with Crippen LogP contribution in [0.5, 0.6) is 0 Å². The van der Waals surface area contributed by atoms with Gasteiger partial charge in [0.15, 0.2) is 0 Å². The zero-order valence-electron chi connectivity index (χ0n) is 21.7. The molecule has 1 fully saturated rings. The summed E-state index contributed by atoms with van der Waals surface area (Å²) in [5, 5.41) is 0. The highest BCUT2D eigenvalue weighted by molar-refractivity contribution is 5.07. The van der Waals surface area contributed by atoms with Crippen LogP contribution in [0, 0.1) is 0 Å². The van der Waals surface area contributed by atoms with Crippen LogP contribution in [0.1, 0.15) is 119 Å². The number of hydrogen-bond acceptors (Lipinski definition) is 1. The molecule has 0 bridgehead atoms. The molecule has 0 aromatic heterocycles. The normalized spacial score (nSPS) is 20.0. The molecule has 1 aliphatic heterocycles. The Balaban J connectivity index is 2.14. The third-order valence-electron chi connectivity index (χ3n) is 6.29. The number of rotatable bonds is 16. The van der Waals surface area contributed by atoms with E-state index in [1.807, 2.05) is 0 Å². The van der Waals surface area contributed by atoms with Gasteiger partial charge in [0.05, 0.1) is 11.7 Å². The summed E-state index contributed by atoms with van der Waals surface area (Å²) in [5.74, 6) is 0. The summed E-state index contributed by atoms with van der Waals surface area (Å²) in [7, 11) is 0. The average molecular weight is 427 g/mol. The molecule has 0 saturated carbocycles. The molecule has 1 heteroatoms. The van der Waals surface area contributed by atoms with Crippen molar-refractivity contribution in [2.45, 2.75) is 131 Å². The van der Waals surface area contributed by atoms with Crippen LogP contribution in [0.2, 0.25) is 0 Å². The smallest absolute Gasteiger partial charge is 0.0892 e. The van der Waals surface area contributed by atoms with Crippen LogP contribution in [0.4, 0.5) is 0 Å². The van der Waals surface area contributed by atoms with Gasteiger partial charge in [0.25, 0.3) is 0 Å². The fourth-order valence-electron chi connectivity index (χ4n) is 3.85. The van der Waals surface area contributed by atoms with E-state index < -0.39 is 0 Å². The highest BCUT2D eigenvalue weighted by atomic mass is 16.6. The number of ether oxygens (including phenoxy) is 1. The van der Waals surface area contributed by atoms with Gasteiger partial charge in [-0.05, 0) is 112 Å². The summed E-state index contributed by atoms with van der Waals surface area (Å²) in [6.07, 6.45) is 27.7.